The quantitative estimate of drug-likeness (QED) is 0.736. The molecule has 0 fully saturated rings. The summed E-state index contributed by atoms with van der Waals surface area (Å²) in [7, 11) is 2.01. The van der Waals surface area contributed by atoms with Gasteiger partial charge in [0, 0.05) is 22.5 Å². The van der Waals surface area contributed by atoms with Gasteiger partial charge in [-0.15, -0.1) is 0 Å². The van der Waals surface area contributed by atoms with E-state index >= 15 is 0 Å². The maximum absolute atomic E-state index is 4.40. The number of hydrogen-bond donors (Lipinski definition) is 0. The van der Waals surface area contributed by atoms with Crippen LogP contribution in [0.5, 0.6) is 0 Å². The van der Waals surface area contributed by atoms with Crippen molar-refractivity contribution in [2.75, 3.05) is 5.33 Å². The van der Waals surface area contributed by atoms with Crippen LogP contribution >= 0.6 is 31.9 Å². The Kier molecular flexibility index (Phi) is 4.62. The summed E-state index contributed by atoms with van der Waals surface area (Å²) < 4.78 is 3.10. The lowest BCUT2D eigenvalue weighted by Crippen LogP contribution is -2.08. The molecule has 2 rings (SSSR count). The average Bonchev–Trinajstić information content (AvgIpc) is 2.66. The molecule has 18 heavy (non-hydrogen) atoms. The Labute approximate surface area is 125 Å². The molecule has 1 heterocycles. The molecule has 1 aromatic heterocycles. The van der Waals surface area contributed by atoms with Crippen LogP contribution in [-0.2, 0) is 13.5 Å². The Balaban J connectivity index is 2.19. The first-order chi connectivity index (χ1) is 8.60. The van der Waals surface area contributed by atoms with Gasteiger partial charge in [-0.25, -0.2) is 0 Å². The highest BCUT2D eigenvalue weighted by Crippen LogP contribution is 2.24. The van der Waals surface area contributed by atoms with Gasteiger partial charge in [-0.1, -0.05) is 44.0 Å². The number of aryl methyl sites for hydroxylation is 2. The van der Waals surface area contributed by atoms with Crippen molar-refractivity contribution < 1.29 is 0 Å². The van der Waals surface area contributed by atoms with Crippen LogP contribution < -0.4 is 0 Å². The average molecular weight is 372 g/mol. The van der Waals surface area contributed by atoms with E-state index in [2.05, 4.69) is 67.3 Å². The molecule has 2 aromatic rings. The molecule has 0 amide bonds. The third-order valence-corrected chi connectivity index (χ3v) is 4.39. The molecule has 1 aromatic carbocycles. The summed E-state index contributed by atoms with van der Waals surface area (Å²) in [6, 6.07) is 10.7. The van der Waals surface area contributed by atoms with Gasteiger partial charge >= 0.3 is 0 Å². The topological polar surface area (TPSA) is 17.8 Å². The predicted octanol–water partition coefficient (Wildman–Crippen LogP) is 4.21. The number of aromatic nitrogens is 2. The number of benzene rings is 1. The predicted molar refractivity (Wildman–Crippen MR) is 82.3 cm³/mol. The van der Waals surface area contributed by atoms with E-state index in [-0.39, 0.29) is 0 Å². The van der Waals surface area contributed by atoms with Crippen LogP contribution in [-0.4, -0.2) is 15.1 Å². The third-order valence-electron chi connectivity index (χ3n) is 3.08. The lowest BCUT2D eigenvalue weighted by Gasteiger charge is -2.14. The zero-order valence-electron chi connectivity index (χ0n) is 10.5. The summed E-state index contributed by atoms with van der Waals surface area (Å²) in [5.41, 5.74) is 3.71. The molecule has 0 aliphatic heterocycles. The van der Waals surface area contributed by atoms with Crippen LogP contribution in [0.4, 0.5) is 0 Å². The number of nitrogens with zero attached hydrogens (tertiary/aromatic N) is 2. The second-order valence-corrected chi connectivity index (χ2v) is 6.07. The fourth-order valence-electron chi connectivity index (χ4n) is 2.10. The molecule has 0 saturated heterocycles. The first-order valence-corrected chi connectivity index (χ1v) is 7.82. The summed E-state index contributed by atoms with van der Waals surface area (Å²) in [5, 5.41) is 5.36. The first kappa shape index (κ1) is 13.8. The van der Waals surface area contributed by atoms with Gasteiger partial charge in [0.1, 0.15) is 0 Å². The van der Waals surface area contributed by atoms with Crippen molar-refractivity contribution in [2.24, 2.45) is 7.05 Å². The molecule has 0 spiro atoms. The van der Waals surface area contributed by atoms with Crippen molar-refractivity contribution in [3.63, 3.8) is 0 Å². The van der Waals surface area contributed by atoms with Gasteiger partial charge < -0.3 is 0 Å². The van der Waals surface area contributed by atoms with Gasteiger partial charge in [-0.05, 0) is 43.0 Å². The molecule has 0 N–H and O–H groups in total. The zero-order valence-corrected chi connectivity index (χ0v) is 13.7. The van der Waals surface area contributed by atoms with E-state index in [0.29, 0.717) is 5.92 Å². The standard InChI is InChI=1S/C14H16Br2N2/c1-10-7-14(18(2)17-10)8-12(9-15)11-3-5-13(16)6-4-11/h3-7,12H,8-9H2,1-2H3. The number of rotatable bonds is 4. The maximum atomic E-state index is 4.40. The molecule has 0 saturated carbocycles. The third kappa shape index (κ3) is 3.23. The molecule has 96 valence electrons. The highest BCUT2D eigenvalue weighted by Gasteiger charge is 2.13. The maximum Gasteiger partial charge on any atom is 0.0596 e. The molecule has 4 heteroatoms. The Hall–Kier alpha value is -0.610. The Morgan fingerprint density at radius 1 is 1.28 bits per heavy atom. The Bertz CT molecular complexity index is 517. The SMILES string of the molecule is Cc1cc(CC(CBr)c2ccc(Br)cc2)n(C)n1. The molecule has 1 unspecified atom stereocenters. The second-order valence-electron chi connectivity index (χ2n) is 4.51. The Morgan fingerprint density at radius 3 is 2.44 bits per heavy atom. The van der Waals surface area contributed by atoms with Gasteiger partial charge in [0.15, 0.2) is 0 Å². The molecular formula is C14H16Br2N2. The molecular weight excluding hydrogens is 356 g/mol. The second kappa shape index (κ2) is 6.02. The normalized spacial score (nSPS) is 12.7. The summed E-state index contributed by atoms with van der Waals surface area (Å²) in [4.78, 5) is 0. The van der Waals surface area contributed by atoms with E-state index in [1.807, 2.05) is 18.7 Å². The fourth-order valence-corrected chi connectivity index (χ4v) is 2.97. The van der Waals surface area contributed by atoms with Crippen molar-refractivity contribution >= 4 is 31.9 Å². The first-order valence-electron chi connectivity index (χ1n) is 5.91. The van der Waals surface area contributed by atoms with Gasteiger partial charge in [0.05, 0.1) is 5.69 Å². The van der Waals surface area contributed by atoms with Crippen LogP contribution in [0.25, 0.3) is 0 Å². The van der Waals surface area contributed by atoms with E-state index in [9.17, 15) is 0 Å². The fraction of sp³-hybridized carbons (Fsp3) is 0.357. The van der Waals surface area contributed by atoms with Crippen LogP contribution in [0.2, 0.25) is 0 Å². The minimum atomic E-state index is 0.480. The van der Waals surface area contributed by atoms with Crippen molar-refractivity contribution in [3.05, 3.63) is 51.8 Å². The number of hydrogen-bond acceptors (Lipinski definition) is 1. The highest BCUT2D eigenvalue weighted by molar-refractivity contribution is 9.10. The molecule has 0 aliphatic carbocycles. The largest absolute Gasteiger partial charge is 0.272 e. The summed E-state index contributed by atoms with van der Waals surface area (Å²) in [6.45, 7) is 2.03. The van der Waals surface area contributed by atoms with Gasteiger partial charge in [0.2, 0.25) is 0 Å². The lowest BCUT2D eigenvalue weighted by atomic mass is 9.96. The van der Waals surface area contributed by atoms with E-state index in [1.165, 1.54) is 11.3 Å². The van der Waals surface area contributed by atoms with Gasteiger partial charge in [-0.3, -0.25) is 4.68 Å². The highest BCUT2D eigenvalue weighted by atomic mass is 79.9. The minimum Gasteiger partial charge on any atom is -0.272 e. The molecule has 0 aliphatic rings. The molecule has 0 bridgehead atoms. The lowest BCUT2D eigenvalue weighted by molar-refractivity contribution is 0.660. The minimum absolute atomic E-state index is 0.480. The van der Waals surface area contributed by atoms with E-state index in [1.54, 1.807) is 0 Å². The van der Waals surface area contributed by atoms with Gasteiger partial charge in [-0.2, -0.15) is 5.10 Å². The Morgan fingerprint density at radius 2 is 1.94 bits per heavy atom. The van der Waals surface area contributed by atoms with Crippen molar-refractivity contribution in [1.29, 1.82) is 0 Å². The smallest absolute Gasteiger partial charge is 0.0596 e. The molecule has 0 radical (unpaired) electrons. The van der Waals surface area contributed by atoms with Crippen LogP contribution in [0, 0.1) is 6.92 Å². The van der Waals surface area contributed by atoms with E-state index in [0.717, 1.165) is 21.9 Å². The number of alkyl halides is 1. The van der Waals surface area contributed by atoms with E-state index in [4.69, 9.17) is 0 Å². The number of halogens is 2. The van der Waals surface area contributed by atoms with Crippen molar-refractivity contribution in [2.45, 2.75) is 19.3 Å². The summed E-state index contributed by atoms with van der Waals surface area (Å²) in [5.74, 6) is 0.480. The van der Waals surface area contributed by atoms with Crippen molar-refractivity contribution in [1.82, 2.24) is 9.78 Å². The van der Waals surface area contributed by atoms with Gasteiger partial charge in [0.25, 0.3) is 0 Å². The van der Waals surface area contributed by atoms with Crippen LogP contribution in [0.3, 0.4) is 0 Å². The summed E-state index contributed by atoms with van der Waals surface area (Å²) in [6.07, 6.45) is 1.00. The zero-order chi connectivity index (χ0) is 13.1. The van der Waals surface area contributed by atoms with Crippen LogP contribution in [0.1, 0.15) is 22.9 Å². The monoisotopic (exact) mass is 370 g/mol. The molecule has 1 atom stereocenters. The molecule has 2 nitrogen and oxygen atoms in total. The summed E-state index contributed by atoms with van der Waals surface area (Å²) >= 11 is 7.09. The van der Waals surface area contributed by atoms with E-state index < -0.39 is 0 Å². The van der Waals surface area contributed by atoms with Crippen LogP contribution in [0.15, 0.2) is 34.8 Å². The van der Waals surface area contributed by atoms with Crippen molar-refractivity contribution in [3.8, 4) is 0 Å².